The van der Waals surface area contributed by atoms with Crippen LogP contribution in [-0.2, 0) is 32.0 Å². The molecule has 38 heavy (non-hydrogen) atoms. The topological polar surface area (TPSA) is 86.1 Å². The van der Waals surface area contributed by atoms with Crippen LogP contribution in [0.1, 0.15) is 56.2 Å². The predicted octanol–water partition coefficient (Wildman–Crippen LogP) is 5.19. The zero-order valence-electron chi connectivity index (χ0n) is 22.7. The number of aliphatic hydroxyl groups excluding tert-OH is 1. The molecule has 3 aromatic rings. The first-order valence-corrected chi connectivity index (χ1v) is 13.9. The summed E-state index contributed by atoms with van der Waals surface area (Å²) in [6.07, 6.45) is 2.43. The van der Waals surface area contributed by atoms with Crippen molar-refractivity contribution >= 4 is 38.5 Å². The number of ether oxygens (including phenoxy) is 3. The maximum Gasteiger partial charge on any atom is 0.314 e. The molecule has 2 aliphatic heterocycles. The number of hydrogen-bond donors (Lipinski definition) is 1. The fourth-order valence-electron chi connectivity index (χ4n) is 5.79. The van der Waals surface area contributed by atoms with Gasteiger partial charge in [0.25, 0.3) is 0 Å². The summed E-state index contributed by atoms with van der Waals surface area (Å²) < 4.78 is 19.7. The minimum atomic E-state index is -1.18. The Bertz CT molecular complexity index is 1360. The average Bonchev–Trinajstić information content (AvgIpc) is 3.26. The van der Waals surface area contributed by atoms with Gasteiger partial charge >= 0.3 is 5.97 Å². The summed E-state index contributed by atoms with van der Waals surface area (Å²) in [5.41, 5.74) is 5.42. The van der Waals surface area contributed by atoms with Crippen LogP contribution in [0.4, 0.5) is 5.69 Å². The molecular formula is C29H36BrN3O5. The number of nitrogens with zero attached hydrogens (tertiary/aromatic N) is 3. The van der Waals surface area contributed by atoms with Crippen molar-refractivity contribution in [1.29, 1.82) is 0 Å². The smallest absolute Gasteiger partial charge is 0.314 e. The molecule has 0 saturated carbocycles. The summed E-state index contributed by atoms with van der Waals surface area (Å²) >= 11 is 3.69. The van der Waals surface area contributed by atoms with Gasteiger partial charge in [-0.2, -0.15) is 0 Å². The number of halogens is 1. The minimum absolute atomic E-state index is 0.275. The fourth-order valence-corrected chi connectivity index (χ4v) is 6.30. The van der Waals surface area contributed by atoms with E-state index in [1.165, 1.54) is 12.7 Å². The van der Waals surface area contributed by atoms with Crippen LogP contribution in [0.3, 0.4) is 0 Å². The Morgan fingerprint density at radius 3 is 2.61 bits per heavy atom. The number of methoxy groups -OCH3 is 2. The third-order valence-electron chi connectivity index (χ3n) is 8.01. The molecule has 1 N–H and O–H groups in total. The number of pyridine rings is 1. The van der Waals surface area contributed by atoms with E-state index in [1.807, 2.05) is 13.1 Å². The van der Waals surface area contributed by atoms with Crippen molar-refractivity contribution in [2.45, 2.75) is 52.4 Å². The van der Waals surface area contributed by atoms with Gasteiger partial charge in [0.2, 0.25) is 0 Å². The highest BCUT2D eigenvalue weighted by atomic mass is 79.9. The van der Waals surface area contributed by atoms with E-state index in [4.69, 9.17) is 19.2 Å². The van der Waals surface area contributed by atoms with Crippen LogP contribution in [0.2, 0.25) is 0 Å². The largest absolute Gasteiger partial charge is 0.469 e. The highest BCUT2D eigenvalue weighted by Crippen LogP contribution is 2.48. The summed E-state index contributed by atoms with van der Waals surface area (Å²) in [4.78, 5) is 20.1. The molecule has 0 spiro atoms. The third-order valence-corrected chi connectivity index (χ3v) is 8.47. The molecule has 204 valence electrons. The number of esters is 1. The molecule has 2 atom stereocenters. The molecule has 0 aliphatic carbocycles. The van der Waals surface area contributed by atoms with Gasteiger partial charge in [-0.05, 0) is 57.4 Å². The molecule has 4 heterocycles. The zero-order valence-corrected chi connectivity index (χ0v) is 24.3. The van der Waals surface area contributed by atoms with Gasteiger partial charge in [0.15, 0.2) is 0 Å². The summed E-state index contributed by atoms with van der Waals surface area (Å²) in [5.74, 6) is -0.465. The summed E-state index contributed by atoms with van der Waals surface area (Å²) in [6.45, 7) is 9.15. The molecule has 1 fully saturated rings. The number of hydrogen-bond acceptors (Lipinski definition) is 7. The van der Waals surface area contributed by atoms with Crippen LogP contribution >= 0.6 is 15.9 Å². The Labute approximate surface area is 232 Å². The van der Waals surface area contributed by atoms with Crippen LogP contribution in [0, 0.1) is 5.41 Å². The van der Waals surface area contributed by atoms with E-state index in [9.17, 15) is 9.90 Å². The molecule has 5 rings (SSSR count). The van der Waals surface area contributed by atoms with Gasteiger partial charge in [-0.15, -0.1) is 0 Å². The van der Waals surface area contributed by atoms with Crippen molar-refractivity contribution in [2.24, 2.45) is 5.41 Å². The number of aromatic nitrogens is 2. The monoisotopic (exact) mass is 585 g/mol. The van der Waals surface area contributed by atoms with Crippen molar-refractivity contribution in [3.8, 4) is 11.3 Å². The Hall–Kier alpha value is -2.46. The maximum atomic E-state index is 12.9. The second kappa shape index (κ2) is 10.6. The number of anilines is 1. The quantitative estimate of drug-likeness (QED) is 0.382. The number of aryl methyl sites for hydroxylation is 2. The van der Waals surface area contributed by atoms with Crippen LogP contribution in [0.15, 0.2) is 28.9 Å². The number of carbonyl (C=O) groups is 1. The van der Waals surface area contributed by atoms with Crippen LogP contribution in [0.25, 0.3) is 22.2 Å². The molecule has 1 unspecified atom stereocenters. The second-order valence-electron chi connectivity index (χ2n) is 10.7. The number of aliphatic hydroxyl groups is 1. The molecule has 2 aliphatic rings. The predicted molar refractivity (Wildman–Crippen MR) is 150 cm³/mol. The molecule has 1 saturated heterocycles. The fraction of sp³-hybridized carbons (Fsp3) is 0.517. The van der Waals surface area contributed by atoms with Crippen molar-refractivity contribution in [3.63, 3.8) is 0 Å². The number of morpholine rings is 1. The lowest BCUT2D eigenvalue weighted by Crippen LogP contribution is -2.36. The van der Waals surface area contributed by atoms with E-state index in [-0.39, 0.29) is 6.10 Å². The first-order chi connectivity index (χ1) is 18.2. The second-order valence-corrected chi connectivity index (χ2v) is 11.6. The van der Waals surface area contributed by atoms with Crippen LogP contribution < -0.4 is 4.90 Å². The Kier molecular flexibility index (Phi) is 7.57. The average molecular weight is 587 g/mol. The lowest BCUT2D eigenvalue weighted by atomic mass is 9.80. The molecule has 9 heteroatoms. The molecule has 1 aromatic carbocycles. The van der Waals surface area contributed by atoms with E-state index in [0.717, 1.165) is 70.5 Å². The lowest BCUT2D eigenvalue weighted by Gasteiger charge is -2.31. The number of rotatable bonds is 7. The van der Waals surface area contributed by atoms with Crippen molar-refractivity contribution in [2.75, 3.05) is 45.4 Å². The van der Waals surface area contributed by atoms with E-state index in [2.05, 4.69) is 43.6 Å². The SMILES string of the molecule is COC(=O)C(C)(C)C(O)c1c(-c2cc(N3CCOCC3)cnc2[C@H](C)OC)n2c3c(cc(Br)cc13)CCC2. The molecular weight excluding hydrogens is 550 g/mol. The van der Waals surface area contributed by atoms with E-state index in [0.29, 0.717) is 18.8 Å². The van der Waals surface area contributed by atoms with Gasteiger partial charge in [-0.3, -0.25) is 9.78 Å². The Morgan fingerprint density at radius 1 is 1.18 bits per heavy atom. The Morgan fingerprint density at radius 2 is 1.92 bits per heavy atom. The van der Waals surface area contributed by atoms with Gasteiger partial charge < -0.3 is 28.8 Å². The van der Waals surface area contributed by atoms with Crippen molar-refractivity contribution < 1.29 is 24.1 Å². The molecule has 0 bridgehead atoms. The van der Waals surface area contributed by atoms with Gasteiger partial charge in [-0.1, -0.05) is 15.9 Å². The number of carbonyl (C=O) groups excluding carboxylic acids is 1. The van der Waals surface area contributed by atoms with Gasteiger partial charge in [0, 0.05) is 47.7 Å². The maximum absolute atomic E-state index is 12.9. The molecule has 2 aromatic heterocycles. The highest BCUT2D eigenvalue weighted by Gasteiger charge is 2.42. The normalized spacial score (nSPS) is 17.5. The van der Waals surface area contributed by atoms with E-state index >= 15 is 0 Å². The summed E-state index contributed by atoms with van der Waals surface area (Å²) in [7, 11) is 3.04. The van der Waals surface area contributed by atoms with Crippen LogP contribution in [-0.4, -0.2) is 61.1 Å². The van der Waals surface area contributed by atoms with Gasteiger partial charge in [0.1, 0.15) is 0 Å². The van der Waals surface area contributed by atoms with Crippen LogP contribution in [0.5, 0.6) is 0 Å². The Balaban J connectivity index is 1.85. The standard InChI is InChI=1S/C29H36BrN3O5/c1-17(36-4)24-22(15-20(16-31-24)32-9-11-38-12-10-32)26-23(27(34)29(2,3)28(35)37-5)21-14-19(30)13-18-7-6-8-33(26)25(18)21/h13-17,27,34H,6-12H2,1-5H3/t17-,27?/m0/s1. The zero-order chi connectivity index (χ0) is 27.2. The number of benzene rings is 1. The molecule has 0 amide bonds. The lowest BCUT2D eigenvalue weighted by molar-refractivity contribution is -0.157. The van der Waals surface area contributed by atoms with E-state index in [1.54, 1.807) is 21.0 Å². The first-order valence-electron chi connectivity index (χ1n) is 13.2. The van der Waals surface area contributed by atoms with Gasteiger partial charge in [0.05, 0.1) is 66.7 Å². The molecule has 0 radical (unpaired) electrons. The van der Waals surface area contributed by atoms with Gasteiger partial charge in [-0.25, -0.2) is 0 Å². The third kappa shape index (κ3) is 4.53. The summed E-state index contributed by atoms with van der Waals surface area (Å²) in [6, 6.07) is 6.37. The summed E-state index contributed by atoms with van der Waals surface area (Å²) in [5, 5.41) is 12.9. The van der Waals surface area contributed by atoms with Crippen molar-refractivity contribution in [3.05, 3.63) is 45.7 Å². The molecule has 8 nitrogen and oxygen atoms in total. The minimum Gasteiger partial charge on any atom is -0.469 e. The first kappa shape index (κ1) is 27.1. The van der Waals surface area contributed by atoms with Crippen molar-refractivity contribution in [1.82, 2.24) is 9.55 Å². The highest BCUT2D eigenvalue weighted by molar-refractivity contribution is 9.10. The van der Waals surface area contributed by atoms with E-state index < -0.39 is 17.5 Å².